The first kappa shape index (κ1) is 14.8. The number of ketones is 1. The summed E-state index contributed by atoms with van der Waals surface area (Å²) in [5.41, 5.74) is 3.79. The van der Waals surface area contributed by atoms with Gasteiger partial charge in [-0.1, -0.05) is 13.0 Å². The van der Waals surface area contributed by atoms with Gasteiger partial charge in [0.2, 0.25) is 0 Å². The van der Waals surface area contributed by atoms with Crippen molar-refractivity contribution in [1.82, 2.24) is 4.98 Å². The number of allylic oxidation sites excluding steroid dienone is 2. The fraction of sp³-hybridized carbons (Fsp3) is 0.529. The lowest BCUT2D eigenvalue weighted by Crippen LogP contribution is -2.13. The van der Waals surface area contributed by atoms with Crippen molar-refractivity contribution in [2.45, 2.75) is 46.5 Å². The summed E-state index contributed by atoms with van der Waals surface area (Å²) in [5, 5.41) is 0. The third-order valence-corrected chi connectivity index (χ3v) is 4.11. The lowest BCUT2D eigenvalue weighted by molar-refractivity contribution is -0.115. The van der Waals surface area contributed by atoms with E-state index < -0.39 is 0 Å². The van der Waals surface area contributed by atoms with Crippen molar-refractivity contribution in [3.8, 4) is 5.75 Å². The fourth-order valence-electron chi connectivity index (χ4n) is 2.73. The number of ether oxygens (including phenoxy) is 1. The molecule has 1 aliphatic rings. The minimum atomic E-state index is 0.207. The van der Waals surface area contributed by atoms with Crippen molar-refractivity contribution in [2.75, 3.05) is 7.11 Å². The fourth-order valence-corrected chi connectivity index (χ4v) is 2.73. The van der Waals surface area contributed by atoms with Crippen LogP contribution in [-0.2, 0) is 11.2 Å². The van der Waals surface area contributed by atoms with Gasteiger partial charge in [-0.05, 0) is 44.6 Å². The van der Waals surface area contributed by atoms with Crippen LogP contribution < -0.4 is 4.74 Å². The number of carbonyl (C=O) groups is 1. The van der Waals surface area contributed by atoms with Crippen LogP contribution in [0.25, 0.3) is 0 Å². The Bertz CT molecular complexity index is 546. The number of Topliss-reactive ketones (excluding diaryl/α,β-unsaturated/α-hetero) is 1. The van der Waals surface area contributed by atoms with Gasteiger partial charge in [0.05, 0.1) is 19.2 Å². The van der Waals surface area contributed by atoms with Gasteiger partial charge >= 0.3 is 0 Å². The summed E-state index contributed by atoms with van der Waals surface area (Å²) in [6, 6.07) is 0. The maximum atomic E-state index is 12.4. The number of rotatable bonds is 4. The normalized spacial score (nSPS) is 18.6. The third-order valence-electron chi connectivity index (χ3n) is 4.11. The van der Waals surface area contributed by atoms with E-state index in [0.29, 0.717) is 12.3 Å². The summed E-state index contributed by atoms with van der Waals surface area (Å²) in [6.45, 7) is 6.17. The molecule has 3 nitrogen and oxygen atoms in total. The van der Waals surface area contributed by atoms with E-state index in [9.17, 15) is 4.79 Å². The van der Waals surface area contributed by atoms with Gasteiger partial charge in [0.15, 0.2) is 5.78 Å². The Morgan fingerprint density at radius 2 is 2.20 bits per heavy atom. The van der Waals surface area contributed by atoms with Crippen LogP contribution in [0.15, 0.2) is 17.8 Å². The average Bonchev–Trinajstić information content (AvgIpc) is 2.43. The van der Waals surface area contributed by atoms with E-state index in [4.69, 9.17) is 4.74 Å². The number of nitrogens with zero attached hydrogens (tertiary/aromatic N) is 1. The Morgan fingerprint density at radius 3 is 2.80 bits per heavy atom. The molecule has 1 aliphatic carbocycles. The molecule has 0 saturated carbocycles. The van der Waals surface area contributed by atoms with Crippen molar-refractivity contribution in [3.63, 3.8) is 0 Å². The summed E-state index contributed by atoms with van der Waals surface area (Å²) >= 11 is 0. The molecule has 1 aromatic heterocycles. The lowest BCUT2D eigenvalue weighted by atomic mass is 9.88. The minimum absolute atomic E-state index is 0.207. The zero-order valence-electron chi connectivity index (χ0n) is 12.8. The van der Waals surface area contributed by atoms with Crippen LogP contribution in [0.3, 0.4) is 0 Å². The summed E-state index contributed by atoms with van der Waals surface area (Å²) in [5.74, 6) is 1.75. The second-order valence-corrected chi connectivity index (χ2v) is 5.76. The molecule has 0 aromatic carbocycles. The molecule has 20 heavy (non-hydrogen) atoms. The van der Waals surface area contributed by atoms with Gasteiger partial charge in [0, 0.05) is 17.3 Å². The van der Waals surface area contributed by atoms with Gasteiger partial charge in [-0.15, -0.1) is 0 Å². The molecule has 0 radical (unpaired) electrons. The predicted octanol–water partition coefficient (Wildman–Crippen LogP) is 3.57. The molecule has 1 unspecified atom stereocenters. The third kappa shape index (κ3) is 3.09. The molecule has 3 heteroatoms. The monoisotopic (exact) mass is 273 g/mol. The molecule has 0 spiro atoms. The quantitative estimate of drug-likeness (QED) is 0.842. The Kier molecular flexibility index (Phi) is 4.58. The smallest absolute Gasteiger partial charge is 0.164 e. The molecule has 1 aromatic rings. The number of aromatic nitrogens is 1. The van der Waals surface area contributed by atoms with Crippen LogP contribution in [-0.4, -0.2) is 17.9 Å². The Morgan fingerprint density at radius 1 is 1.45 bits per heavy atom. The van der Waals surface area contributed by atoms with Gasteiger partial charge in [-0.25, -0.2) is 0 Å². The molecule has 2 rings (SSSR count). The summed E-state index contributed by atoms with van der Waals surface area (Å²) in [4.78, 5) is 16.8. The Hall–Kier alpha value is -1.64. The van der Waals surface area contributed by atoms with E-state index in [1.54, 1.807) is 13.3 Å². The highest BCUT2D eigenvalue weighted by atomic mass is 16.5. The van der Waals surface area contributed by atoms with E-state index in [1.165, 1.54) is 0 Å². The van der Waals surface area contributed by atoms with E-state index in [-0.39, 0.29) is 5.78 Å². The predicted molar refractivity (Wildman–Crippen MR) is 80.1 cm³/mol. The molecule has 0 fully saturated rings. The molecular formula is C17H23NO2. The van der Waals surface area contributed by atoms with Gasteiger partial charge < -0.3 is 4.74 Å². The van der Waals surface area contributed by atoms with Crippen LogP contribution in [0.5, 0.6) is 5.75 Å². The zero-order valence-corrected chi connectivity index (χ0v) is 12.8. The average molecular weight is 273 g/mol. The Balaban J connectivity index is 2.16. The molecule has 0 N–H and O–H groups in total. The van der Waals surface area contributed by atoms with E-state index in [0.717, 1.165) is 47.4 Å². The molecular weight excluding hydrogens is 250 g/mol. The minimum Gasteiger partial charge on any atom is -0.496 e. The number of methoxy groups -OCH3 is 1. The van der Waals surface area contributed by atoms with Crippen LogP contribution in [0.4, 0.5) is 0 Å². The number of aryl methyl sites for hydroxylation is 1. The first-order valence-corrected chi connectivity index (χ1v) is 7.24. The molecule has 108 valence electrons. The molecule has 0 bridgehead atoms. The van der Waals surface area contributed by atoms with Crippen LogP contribution in [0.2, 0.25) is 0 Å². The molecule has 1 heterocycles. The highest BCUT2D eigenvalue weighted by Crippen LogP contribution is 2.27. The SMILES string of the molecule is COc1c(C)cnc(CC(=O)C2=CCC(C)CC2)c1C. The van der Waals surface area contributed by atoms with Gasteiger partial charge in [0.25, 0.3) is 0 Å². The van der Waals surface area contributed by atoms with E-state index in [1.807, 2.05) is 13.8 Å². The first-order chi connectivity index (χ1) is 9.52. The summed E-state index contributed by atoms with van der Waals surface area (Å²) in [7, 11) is 1.66. The highest BCUT2D eigenvalue weighted by molar-refractivity contribution is 5.96. The largest absolute Gasteiger partial charge is 0.496 e. The number of hydrogen-bond donors (Lipinski definition) is 0. The van der Waals surface area contributed by atoms with E-state index >= 15 is 0 Å². The van der Waals surface area contributed by atoms with Crippen molar-refractivity contribution < 1.29 is 9.53 Å². The molecule has 0 aliphatic heterocycles. The summed E-state index contributed by atoms with van der Waals surface area (Å²) < 4.78 is 5.39. The molecule has 1 atom stereocenters. The first-order valence-electron chi connectivity index (χ1n) is 7.24. The van der Waals surface area contributed by atoms with E-state index in [2.05, 4.69) is 18.0 Å². The standard InChI is InChI=1S/C17H23NO2/c1-11-5-7-14(8-6-11)16(19)9-15-13(3)17(20-4)12(2)10-18-15/h7,10-11H,5-6,8-9H2,1-4H3. The van der Waals surface area contributed by atoms with Crippen LogP contribution in [0, 0.1) is 19.8 Å². The number of pyridine rings is 1. The van der Waals surface area contributed by atoms with Gasteiger partial charge in [0.1, 0.15) is 5.75 Å². The zero-order chi connectivity index (χ0) is 14.7. The number of carbonyl (C=O) groups excluding carboxylic acids is 1. The highest BCUT2D eigenvalue weighted by Gasteiger charge is 2.18. The Labute approximate surface area is 121 Å². The van der Waals surface area contributed by atoms with Crippen molar-refractivity contribution in [3.05, 3.63) is 34.7 Å². The second-order valence-electron chi connectivity index (χ2n) is 5.76. The van der Waals surface area contributed by atoms with Gasteiger partial charge in [-0.2, -0.15) is 0 Å². The number of hydrogen-bond acceptors (Lipinski definition) is 3. The maximum Gasteiger partial charge on any atom is 0.164 e. The topological polar surface area (TPSA) is 39.2 Å². The summed E-state index contributed by atoms with van der Waals surface area (Å²) in [6.07, 6.45) is 7.31. The molecule has 0 amide bonds. The maximum absolute atomic E-state index is 12.4. The lowest BCUT2D eigenvalue weighted by Gasteiger charge is -2.18. The van der Waals surface area contributed by atoms with Crippen LogP contribution in [0.1, 0.15) is 43.0 Å². The van der Waals surface area contributed by atoms with Gasteiger partial charge in [-0.3, -0.25) is 9.78 Å². The van der Waals surface area contributed by atoms with Crippen LogP contribution >= 0.6 is 0 Å². The van der Waals surface area contributed by atoms with Crippen molar-refractivity contribution >= 4 is 5.78 Å². The second kappa shape index (κ2) is 6.21. The van der Waals surface area contributed by atoms with Crippen molar-refractivity contribution in [2.24, 2.45) is 5.92 Å². The van der Waals surface area contributed by atoms with Crippen molar-refractivity contribution in [1.29, 1.82) is 0 Å². The molecule has 0 saturated heterocycles.